The topological polar surface area (TPSA) is 84.0 Å². The Morgan fingerprint density at radius 3 is 2.54 bits per heavy atom. The van der Waals surface area contributed by atoms with Gasteiger partial charge in [-0.2, -0.15) is 0 Å². The van der Waals surface area contributed by atoms with Crippen LogP contribution in [0, 0.1) is 12.8 Å². The molecule has 0 aliphatic carbocycles. The van der Waals surface area contributed by atoms with E-state index >= 15 is 0 Å². The monoisotopic (exact) mass is 392 g/mol. The second-order valence-corrected chi connectivity index (χ2v) is 6.72. The van der Waals surface area contributed by atoms with Crippen molar-refractivity contribution in [1.29, 1.82) is 0 Å². The van der Waals surface area contributed by atoms with E-state index < -0.39 is 0 Å². The van der Waals surface area contributed by atoms with Crippen LogP contribution in [0.2, 0.25) is 0 Å². The van der Waals surface area contributed by atoms with Gasteiger partial charge in [-0.1, -0.05) is 26.0 Å². The van der Waals surface area contributed by atoms with Gasteiger partial charge in [-0.15, -0.1) is 0 Å². The van der Waals surface area contributed by atoms with E-state index in [2.05, 4.69) is 27.0 Å². The molecule has 0 aromatic heterocycles. The first kappa shape index (κ1) is 23.8. The van der Waals surface area contributed by atoms with Crippen molar-refractivity contribution in [3.8, 4) is 5.75 Å². The van der Waals surface area contributed by atoms with Gasteiger partial charge in [-0.05, 0) is 32.4 Å². The van der Waals surface area contributed by atoms with Crippen LogP contribution in [0.4, 0.5) is 0 Å². The fourth-order valence-corrected chi connectivity index (χ4v) is 2.36. The number of hydrogen-bond acceptors (Lipinski definition) is 4. The fraction of sp³-hybridized carbons (Fsp3) is 0.619. The SMILES string of the molecule is CCNC(=NCc1ccc(C)cc1OCCOCC)NCCNC(=O)C(C)C. The third kappa shape index (κ3) is 9.60. The van der Waals surface area contributed by atoms with Crippen LogP contribution >= 0.6 is 0 Å². The summed E-state index contributed by atoms with van der Waals surface area (Å²) < 4.78 is 11.2. The van der Waals surface area contributed by atoms with Crippen LogP contribution in [0.5, 0.6) is 5.75 Å². The number of nitrogens with zero attached hydrogens (tertiary/aromatic N) is 1. The molecule has 0 fully saturated rings. The average molecular weight is 393 g/mol. The van der Waals surface area contributed by atoms with Crippen molar-refractivity contribution >= 4 is 11.9 Å². The lowest BCUT2D eigenvalue weighted by atomic mass is 10.1. The Bertz CT molecular complexity index is 618. The second kappa shape index (κ2) is 13.8. The molecule has 0 spiro atoms. The molecule has 3 N–H and O–H groups in total. The van der Waals surface area contributed by atoms with Gasteiger partial charge in [-0.3, -0.25) is 4.79 Å². The molecule has 1 aromatic rings. The smallest absolute Gasteiger partial charge is 0.222 e. The molecule has 0 atom stereocenters. The van der Waals surface area contributed by atoms with E-state index in [0.717, 1.165) is 23.4 Å². The summed E-state index contributed by atoms with van der Waals surface area (Å²) in [7, 11) is 0. The Labute approximate surface area is 169 Å². The molecule has 158 valence electrons. The van der Waals surface area contributed by atoms with Crippen LogP contribution in [-0.4, -0.2) is 51.3 Å². The average Bonchev–Trinajstić information content (AvgIpc) is 2.67. The molecule has 1 rings (SSSR count). The van der Waals surface area contributed by atoms with E-state index in [-0.39, 0.29) is 11.8 Å². The van der Waals surface area contributed by atoms with Gasteiger partial charge in [-0.25, -0.2) is 4.99 Å². The Hall–Kier alpha value is -2.28. The molecule has 0 saturated carbocycles. The molecular formula is C21H36N4O3. The predicted molar refractivity (Wildman–Crippen MR) is 114 cm³/mol. The molecule has 7 nitrogen and oxygen atoms in total. The maximum atomic E-state index is 11.6. The molecule has 1 aromatic carbocycles. The minimum absolute atomic E-state index is 0.00964. The lowest BCUT2D eigenvalue weighted by Crippen LogP contribution is -2.42. The van der Waals surface area contributed by atoms with Gasteiger partial charge >= 0.3 is 0 Å². The van der Waals surface area contributed by atoms with Crippen molar-refractivity contribution < 1.29 is 14.3 Å². The van der Waals surface area contributed by atoms with Gasteiger partial charge in [0.15, 0.2) is 5.96 Å². The minimum Gasteiger partial charge on any atom is -0.491 e. The van der Waals surface area contributed by atoms with E-state index in [4.69, 9.17) is 9.47 Å². The summed E-state index contributed by atoms with van der Waals surface area (Å²) in [6.45, 7) is 14.0. The van der Waals surface area contributed by atoms with E-state index in [1.165, 1.54) is 0 Å². The highest BCUT2D eigenvalue weighted by molar-refractivity contribution is 5.80. The summed E-state index contributed by atoms with van der Waals surface area (Å²) in [4.78, 5) is 16.2. The molecule has 0 heterocycles. The van der Waals surface area contributed by atoms with Crippen molar-refractivity contribution in [3.63, 3.8) is 0 Å². The van der Waals surface area contributed by atoms with Gasteiger partial charge in [0.1, 0.15) is 12.4 Å². The lowest BCUT2D eigenvalue weighted by Gasteiger charge is -2.14. The highest BCUT2D eigenvalue weighted by atomic mass is 16.5. The normalized spacial score (nSPS) is 11.4. The number of rotatable bonds is 12. The minimum atomic E-state index is -0.00964. The fourth-order valence-electron chi connectivity index (χ4n) is 2.36. The maximum absolute atomic E-state index is 11.6. The number of carbonyl (C=O) groups excluding carboxylic acids is 1. The molecule has 7 heteroatoms. The first-order chi connectivity index (χ1) is 13.5. The van der Waals surface area contributed by atoms with Crippen LogP contribution in [-0.2, 0) is 16.1 Å². The molecular weight excluding hydrogens is 356 g/mol. The van der Waals surface area contributed by atoms with E-state index in [1.54, 1.807) is 0 Å². The van der Waals surface area contributed by atoms with E-state index in [9.17, 15) is 4.79 Å². The zero-order chi connectivity index (χ0) is 20.8. The number of amides is 1. The van der Waals surface area contributed by atoms with Gasteiger partial charge in [0.2, 0.25) is 5.91 Å². The summed E-state index contributed by atoms with van der Waals surface area (Å²) in [5, 5.41) is 9.35. The number of guanidine groups is 1. The van der Waals surface area contributed by atoms with Crippen molar-refractivity contribution in [2.45, 2.75) is 41.2 Å². The highest BCUT2D eigenvalue weighted by Gasteiger charge is 2.07. The predicted octanol–water partition coefficient (Wildman–Crippen LogP) is 2.24. The number of aryl methyl sites for hydroxylation is 1. The Morgan fingerprint density at radius 2 is 1.86 bits per heavy atom. The number of nitrogens with one attached hydrogen (secondary N) is 3. The number of ether oxygens (including phenoxy) is 2. The van der Waals surface area contributed by atoms with Crippen molar-refractivity contribution in [2.24, 2.45) is 10.9 Å². The quantitative estimate of drug-likeness (QED) is 0.289. The molecule has 0 unspecified atom stereocenters. The summed E-state index contributed by atoms with van der Waals surface area (Å²) in [5.41, 5.74) is 2.16. The van der Waals surface area contributed by atoms with Crippen molar-refractivity contribution in [2.75, 3.05) is 39.5 Å². The summed E-state index contributed by atoms with van der Waals surface area (Å²) in [6, 6.07) is 6.13. The molecule has 0 aliphatic heterocycles. The third-order valence-electron chi connectivity index (χ3n) is 3.90. The van der Waals surface area contributed by atoms with Gasteiger partial charge in [0.25, 0.3) is 0 Å². The van der Waals surface area contributed by atoms with Crippen LogP contribution in [0.15, 0.2) is 23.2 Å². The molecule has 28 heavy (non-hydrogen) atoms. The van der Waals surface area contributed by atoms with E-state index in [1.807, 2.05) is 46.8 Å². The van der Waals surface area contributed by atoms with E-state index in [0.29, 0.717) is 45.4 Å². The van der Waals surface area contributed by atoms with Gasteiger partial charge in [0, 0.05) is 37.7 Å². The first-order valence-corrected chi connectivity index (χ1v) is 10.1. The number of hydrogen-bond donors (Lipinski definition) is 3. The second-order valence-electron chi connectivity index (χ2n) is 6.72. The molecule has 1 amide bonds. The number of benzene rings is 1. The van der Waals surface area contributed by atoms with Crippen molar-refractivity contribution in [3.05, 3.63) is 29.3 Å². The highest BCUT2D eigenvalue weighted by Crippen LogP contribution is 2.21. The lowest BCUT2D eigenvalue weighted by molar-refractivity contribution is -0.123. The van der Waals surface area contributed by atoms with Crippen molar-refractivity contribution in [1.82, 2.24) is 16.0 Å². The van der Waals surface area contributed by atoms with Gasteiger partial charge in [0.05, 0.1) is 13.2 Å². The van der Waals surface area contributed by atoms with Crippen LogP contribution in [0.3, 0.4) is 0 Å². The van der Waals surface area contributed by atoms with Crippen LogP contribution < -0.4 is 20.7 Å². The number of carbonyl (C=O) groups is 1. The first-order valence-electron chi connectivity index (χ1n) is 10.1. The molecule has 0 aliphatic rings. The third-order valence-corrected chi connectivity index (χ3v) is 3.90. The Morgan fingerprint density at radius 1 is 1.11 bits per heavy atom. The van der Waals surface area contributed by atoms with Crippen LogP contribution in [0.1, 0.15) is 38.8 Å². The Kier molecular flexibility index (Phi) is 11.7. The summed E-state index contributed by atoms with van der Waals surface area (Å²) in [6.07, 6.45) is 0. The molecule has 0 bridgehead atoms. The number of aliphatic imine (C=N–C) groups is 1. The summed E-state index contributed by atoms with van der Waals surface area (Å²) in [5.74, 6) is 1.59. The maximum Gasteiger partial charge on any atom is 0.222 e. The van der Waals surface area contributed by atoms with Gasteiger partial charge < -0.3 is 25.4 Å². The zero-order valence-electron chi connectivity index (χ0n) is 17.9. The molecule has 0 saturated heterocycles. The zero-order valence-corrected chi connectivity index (χ0v) is 17.9. The summed E-state index contributed by atoms with van der Waals surface area (Å²) >= 11 is 0. The largest absolute Gasteiger partial charge is 0.491 e. The molecule has 0 radical (unpaired) electrons. The standard InChI is InChI=1S/C21H36N4O3/c1-6-22-21(24-11-10-23-20(26)16(3)4)25-15-18-9-8-17(5)14-19(18)28-13-12-27-7-2/h8-9,14,16H,6-7,10-13,15H2,1-5H3,(H,23,26)(H2,22,24,25). The van der Waals surface area contributed by atoms with Crippen LogP contribution in [0.25, 0.3) is 0 Å². The Balaban J connectivity index is 2.63.